The molecule has 844 valence electrons. The molecular weight excluding hydrogens is 1910 g/mol. The first-order chi connectivity index (χ1) is 69.2. The van der Waals surface area contributed by atoms with E-state index < -0.39 is 122 Å². The molecule has 0 radical (unpaired) electrons. The molecule has 147 heavy (non-hydrogen) atoms. The highest BCUT2D eigenvalue weighted by Crippen LogP contribution is 2.39. The first kappa shape index (κ1) is 135. The largest absolute Gasteiger partial charge is 0.469 e. The van der Waals surface area contributed by atoms with Crippen molar-refractivity contribution in [2.75, 3.05) is 120 Å². The number of amides is 7. The third-order valence-corrected chi connectivity index (χ3v) is 29.1. The van der Waals surface area contributed by atoms with Gasteiger partial charge in [-0.3, -0.25) is 86.8 Å². The average molecular weight is 2090 g/mol. The molecular formula is C108H184N6O33. The Balaban J connectivity index is 0.000000884. The van der Waals surface area contributed by atoms with E-state index in [-0.39, 0.29) is 193 Å². The summed E-state index contributed by atoms with van der Waals surface area (Å²) in [5, 5.41) is 13.6. The van der Waals surface area contributed by atoms with Crippen molar-refractivity contribution in [3.63, 3.8) is 0 Å². The summed E-state index contributed by atoms with van der Waals surface area (Å²) in [5.74, 6) is -9.37. The standard InChI is InChI=1S/C21H34O8.C18H33N3O3.C18H31NO5.C17H30N2O5.2C17H28O6/c1-6-21(4,5)20(25)29-10-9-28-19(24)16-12-14(17(22)26-7-2)11-15(13-16)18(23)27-8-3;1-6-18(4,5)16(23)20-17(24)19-14-11-9-13(10-12-14)15(22)21(7-2)8-3;1-5-18(3,4)17(22)19-11-12-24-16(21)14-10-8-7-9-13(14)15(20)23-6-2;1-5-17(2,3)15(21)24-11-10-18-16(22)19-13-8-6-12(7-9-13)14(20)23-4;2*1-5-17(2,3)16(20)23-11-10-22-15(19)13-9-7-6-8-12(13)14(18)21-4/h14-16H,6-13H2,1-5H3;13-14H,6-12H2,1-5H3,(H2,19,20,23,24);13-14H,5-12H2,1-4H3,(H,19,22);12-13H,5-11H2,1-4H3,(H2,18,19,22);2*12-13H,5-11H2,1-4H3. The normalized spacial score (nSPS) is 21.3. The zero-order valence-corrected chi connectivity index (χ0v) is 93.5. The van der Waals surface area contributed by atoms with E-state index in [0.717, 1.165) is 109 Å². The van der Waals surface area contributed by atoms with Gasteiger partial charge in [-0.05, 0) is 238 Å². The molecule has 6 rings (SSSR count). The molecule has 8 atom stereocenters. The Hall–Kier alpha value is -10.3. The maximum atomic E-state index is 12.5. The van der Waals surface area contributed by atoms with Gasteiger partial charge >= 0.3 is 95.6 Å². The monoisotopic (exact) mass is 2090 g/mol. The van der Waals surface area contributed by atoms with Crippen LogP contribution >= 0.6 is 0 Å². The van der Waals surface area contributed by atoms with Gasteiger partial charge in [0.25, 0.3) is 0 Å². The number of rotatable bonds is 45. The molecule has 39 heteroatoms. The van der Waals surface area contributed by atoms with Crippen LogP contribution in [0.3, 0.4) is 0 Å². The van der Waals surface area contributed by atoms with Gasteiger partial charge in [0.15, 0.2) is 0 Å². The molecule has 0 aromatic heterocycles. The first-order valence-electron chi connectivity index (χ1n) is 53.5. The van der Waals surface area contributed by atoms with Crippen molar-refractivity contribution in [2.45, 2.75) is 358 Å². The minimum absolute atomic E-state index is 0.00869. The lowest BCUT2D eigenvalue weighted by atomic mass is 9.75. The number of carbonyl (C=O) groups is 19. The van der Waals surface area contributed by atoms with Crippen LogP contribution in [0, 0.1) is 97.6 Å². The molecule has 6 saturated carbocycles. The molecule has 0 aromatic rings. The van der Waals surface area contributed by atoms with Gasteiger partial charge in [0, 0.05) is 41.9 Å². The first-order valence-corrected chi connectivity index (χ1v) is 53.5. The van der Waals surface area contributed by atoms with Gasteiger partial charge in [-0.2, -0.15) is 0 Å². The lowest BCUT2D eigenvalue weighted by Gasteiger charge is -2.31. The number of methoxy groups -OCH3 is 3. The number of carbonyl (C=O) groups excluding carboxylic acids is 19. The van der Waals surface area contributed by atoms with Crippen LogP contribution in [0.15, 0.2) is 0 Å². The summed E-state index contributed by atoms with van der Waals surface area (Å²) < 4.78 is 70.9. The number of esters is 14. The summed E-state index contributed by atoms with van der Waals surface area (Å²) in [4.78, 5) is 230. The van der Waals surface area contributed by atoms with Gasteiger partial charge in [0.05, 0.1) is 135 Å². The zero-order valence-electron chi connectivity index (χ0n) is 93.5. The third-order valence-electron chi connectivity index (χ3n) is 29.1. The maximum Gasteiger partial charge on any atom is 0.321 e. The van der Waals surface area contributed by atoms with Crippen molar-refractivity contribution < 1.29 is 157 Å². The summed E-state index contributed by atoms with van der Waals surface area (Å²) in [7, 11) is 4.05. The number of hydrogen-bond donors (Lipinski definition) is 5. The smallest absolute Gasteiger partial charge is 0.321 e. The minimum Gasteiger partial charge on any atom is -0.469 e. The third kappa shape index (κ3) is 48.9. The number of nitrogens with one attached hydrogen (secondary N) is 5. The maximum absolute atomic E-state index is 12.5. The van der Waals surface area contributed by atoms with E-state index in [1.807, 2.05) is 130 Å². The Morgan fingerprint density at radius 3 is 0.816 bits per heavy atom. The van der Waals surface area contributed by atoms with Crippen LogP contribution in [-0.2, 0) is 148 Å². The second-order valence-corrected chi connectivity index (χ2v) is 41.9. The van der Waals surface area contributed by atoms with Crippen molar-refractivity contribution in [1.82, 2.24) is 31.5 Å². The number of imide groups is 1. The SMILES string of the molecule is CCC(C)(C)C(=O)OCCNC(=O)NC1CCC(C(=O)OC)CC1.CCC(C)(C)C(=O)OCCOC(=O)C1CCCCC1C(=O)OC.CCC(C)(C)C(=O)OCCOC(=O)C1CCCCC1C(=O)OC.CCN(CC)C(=O)C1CCC(NC(=O)NC(=O)C(C)(C)CC)CC1.CCOC(=O)C1CC(C(=O)OCC)CC(C(=O)OCCOC(=O)C(C)(C)CC)C1.CCOC(=O)C1CCCCC1C(=O)OCCNC(=O)C(C)(C)CC. The van der Waals surface area contributed by atoms with Crippen LogP contribution in [0.1, 0.15) is 345 Å². The molecule has 0 aromatic carbocycles. The van der Waals surface area contributed by atoms with Crippen molar-refractivity contribution in [3.8, 4) is 0 Å². The van der Waals surface area contributed by atoms with Crippen molar-refractivity contribution in [1.29, 1.82) is 0 Å². The molecule has 6 aliphatic rings. The Morgan fingerprint density at radius 2 is 0.503 bits per heavy atom. The predicted octanol–water partition coefficient (Wildman–Crippen LogP) is 14.8. The molecule has 0 heterocycles. The topological polar surface area (TPSA) is 517 Å². The van der Waals surface area contributed by atoms with Crippen LogP contribution in [0.4, 0.5) is 9.59 Å². The summed E-state index contributed by atoms with van der Waals surface area (Å²) in [5.41, 5.74) is -3.14. The van der Waals surface area contributed by atoms with Gasteiger partial charge in [0.1, 0.15) is 52.9 Å². The van der Waals surface area contributed by atoms with E-state index in [1.54, 1.807) is 34.6 Å². The average Bonchev–Trinajstić information content (AvgIpc) is 0.826. The van der Waals surface area contributed by atoms with Crippen LogP contribution in [0.2, 0.25) is 0 Å². The van der Waals surface area contributed by atoms with Crippen LogP contribution in [0.5, 0.6) is 0 Å². The van der Waals surface area contributed by atoms with E-state index in [9.17, 15) is 91.1 Å². The molecule has 7 amide bonds. The fraction of sp³-hybridized carbons (Fsp3) is 0.824. The number of urea groups is 2. The number of ether oxygens (including phenoxy) is 14. The molecule has 6 fully saturated rings. The zero-order chi connectivity index (χ0) is 112. The Morgan fingerprint density at radius 1 is 0.252 bits per heavy atom. The van der Waals surface area contributed by atoms with Gasteiger partial charge in [-0.1, -0.05) is 108 Å². The van der Waals surface area contributed by atoms with E-state index in [0.29, 0.717) is 83.7 Å². The number of nitrogens with zero attached hydrogens (tertiary/aromatic N) is 1. The molecule has 0 spiro atoms. The molecule has 39 nitrogen and oxygen atoms in total. The van der Waals surface area contributed by atoms with E-state index in [1.165, 1.54) is 21.3 Å². The fourth-order valence-corrected chi connectivity index (χ4v) is 16.5. The Kier molecular flexibility index (Phi) is 64.1. The molecule has 5 N–H and O–H groups in total. The Labute approximate surface area is 873 Å². The van der Waals surface area contributed by atoms with E-state index in [2.05, 4.69) is 26.6 Å². The highest BCUT2D eigenvalue weighted by atomic mass is 16.6. The van der Waals surface area contributed by atoms with E-state index in [4.69, 9.17) is 66.3 Å². The van der Waals surface area contributed by atoms with E-state index >= 15 is 0 Å². The van der Waals surface area contributed by atoms with Crippen molar-refractivity contribution in [2.24, 2.45) is 97.6 Å². The second kappa shape index (κ2) is 69.9. The fourth-order valence-electron chi connectivity index (χ4n) is 16.5. The van der Waals surface area contributed by atoms with Gasteiger partial charge < -0.3 is 92.5 Å². The van der Waals surface area contributed by atoms with Gasteiger partial charge in [-0.15, -0.1) is 0 Å². The molecule has 0 saturated heterocycles. The van der Waals surface area contributed by atoms with Crippen LogP contribution < -0.4 is 26.6 Å². The number of hydrogen-bond acceptors (Lipinski definition) is 33. The van der Waals surface area contributed by atoms with Crippen LogP contribution in [0.25, 0.3) is 0 Å². The van der Waals surface area contributed by atoms with Gasteiger partial charge in [-0.25, -0.2) is 9.59 Å². The summed E-state index contributed by atoms with van der Waals surface area (Å²) >= 11 is 0. The summed E-state index contributed by atoms with van der Waals surface area (Å²) in [6.07, 6.45) is 20.3. The van der Waals surface area contributed by atoms with Gasteiger partial charge in [0.2, 0.25) is 17.7 Å². The highest BCUT2D eigenvalue weighted by molar-refractivity contribution is 5.97. The van der Waals surface area contributed by atoms with Crippen LogP contribution in [-0.4, -0.2) is 251 Å². The van der Waals surface area contributed by atoms with Crippen molar-refractivity contribution in [3.05, 3.63) is 0 Å². The lowest BCUT2D eigenvalue weighted by Crippen LogP contribution is -2.49. The predicted molar refractivity (Wildman–Crippen MR) is 544 cm³/mol. The summed E-state index contributed by atoms with van der Waals surface area (Å²) in [6.45, 7) is 45.6. The Bertz CT molecular complexity index is 4000. The quantitative estimate of drug-likeness (QED) is 0.0215. The second-order valence-electron chi connectivity index (χ2n) is 41.9. The summed E-state index contributed by atoms with van der Waals surface area (Å²) in [6, 6.07) is -0.613. The molecule has 0 bridgehead atoms. The molecule has 6 aliphatic carbocycles. The highest BCUT2D eigenvalue weighted by Gasteiger charge is 2.45. The minimum atomic E-state index is -0.615. The molecule has 0 aliphatic heterocycles. The van der Waals surface area contributed by atoms with Crippen molar-refractivity contribution >= 4 is 113 Å². The lowest BCUT2D eigenvalue weighted by molar-refractivity contribution is -0.165. The molecule has 8 unspecified atom stereocenters.